The lowest BCUT2D eigenvalue weighted by atomic mass is 9.74. The smallest absolute Gasteiger partial charge is 0.422 e. The van der Waals surface area contributed by atoms with Gasteiger partial charge in [-0.25, -0.2) is 0 Å². The quantitative estimate of drug-likeness (QED) is 0.599. The number of hydrogen-bond donors (Lipinski definition) is 2. The third kappa shape index (κ3) is 2.29. The van der Waals surface area contributed by atoms with Crippen LogP contribution < -0.4 is 5.59 Å². The van der Waals surface area contributed by atoms with Gasteiger partial charge >= 0.3 is 7.12 Å². The lowest BCUT2D eigenvalue weighted by Crippen LogP contribution is -2.39. The zero-order valence-electron chi connectivity index (χ0n) is 8.15. The van der Waals surface area contributed by atoms with Crippen LogP contribution in [-0.2, 0) is 5.41 Å². The van der Waals surface area contributed by atoms with E-state index < -0.39 is 7.12 Å². The van der Waals surface area contributed by atoms with Gasteiger partial charge in [-0.3, -0.25) is 4.98 Å². The molecule has 1 aromatic heterocycles. The van der Waals surface area contributed by atoms with Gasteiger partial charge < -0.3 is 10.0 Å². The molecular formula is C9H14BNO2. The van der Waals surface area contributed by atoms with E-state index in [4.69, 9.17) is 10.0 Å². The standard InChI is InChI=1S/C9H14BNO2/c1-9(2,3)7-5-4-6-11-8(7)10(12)13/h4-6,12-13H,1-3H3. The Labute approximate surface area is 78.6 Å². The second-order valence-corrected chi connectivity index (χ2v) is 4.06. The molecule has 4 heteroatoms. The lowest BCUT2D eigenvalue weighted by molar-refractivity contribution is 0.422. The summed E-state index contributed by atoms with van der Waals surface area (Å²) in [6, 6.07) is 3.66. The largest absolute Gasteiger partial charge is 0.508 e. The molecule has 0 radical (unpaired) electrons. The van der Waals surface area contributed by atoms with Crippen molar-refractivity contribution in [3.05, 3.63) is 23.9 Å². The van der Waals surface area contributed by atoms with Crippen molar-refractivity contribution in [1.82, 2.24) is 4.98 Å². The number of pyridine rings is 1. The van der Waals surface area contributed by atoms with E-state index in [0.717, 1.165) is 5.56 Å². The molecule has 0 unspecified atom stereocenters. The highest BCUT2D eigenvalue weighted by atomic mass is 16.4. The summed E-state index contributed by atoms with van der Waals surface area (Å²) in [6.07, 6.45) is 1.56. The molecule has 3 nitrogen and oxygen atoms in total. The molecule has 0 saturated heterocycles. The summed E-state index contributed by atoms with van der Waals surface area (Å²) in [4.78, 5) is 3.94. The fraction of sp³-hybridized carbons (Fsp3) is 0.444. The summed E-state index contributed by atoms with van der Waals surface area (Å²) in [7, 11) is -1.49. The predicted molar refractivity (Wildman–Crippen MR) is 52.8 cm³/mol. The molecular weight excluding hydrogens is 165 g/mol. The molecule has 0 atom stereocenters. The molecule has 1 heterocycles. The van der Waals surface area contributed by atoms with Crippen LogP contribution in [0, 0.1) is 0 Å². The van der Waals surface area contributed by atoms with E-state index >= 15 is 0 Å². The maximum Gasteiger partial charge on any atom is 0.508 e. The maximum absolute atomic E-state index is 9.06. The zero-order valence-corrected chi connectivity index (χ0v) is 8.15. The number of nitrogens with zero attached hydrogens (tertiary/aromatic N) is 1. The van der Waals surface area contributed by atoms with Crippen LogP contribution in [0.2, 0.25) is 0 Å². The van der Waals surface area contributed by atoms with Gasteiger partial charge in [0.05, 0.1) is 5.59 Å². The fourth-order valence-corrected chi connectivity index (χ4v) is 1.26. The minimum Gasteiger partial charge on any atom is -0.422 e. The van der Waals surface area contributed by atoms with Crippen LogP contribution in [0.1, 0.15) is 26.3 Å². The zero-order chi connectivity index (χ0) is 10.1. The van der Waals surface area contributed by atoms with Crippen molar-refractivity contribution in [1.29, 1.82) is 0 Å². The third-order valence-electron chi connectivity index (χ3n) is 1.89. The average Bonchev–Trinajstić information content (AvgIpc) is 2.03. The van der Waals surface area contributed by atoms with Gasteiger partial charge in [0.1, 0.15) is 0 Å². The molecule has 0 aromatic carbocycles. The van der Waals surface area contributed by atoms with E-state index in [9.17, 15) is 0 Å². The Morgan fingerprint density at radius 3 is 2.31 bits per heavy atom. The van der Waals surface area contributed by atoms with Gasteiger partial charge in [0.25, 0.3) is 0 Å². The Bertz CT molecular complexity index is 294. The first-order chi connectivity index (χ1) is 5.93. The average molecular weight is 179 g/mol. The Kier molecular flexibility index (Phi) is 2.73. The molecule has 0 fully saturated rings. The van der Waals surface area contributed by atoms with Gasteiger partial charge in [-0.15, -0.1) is 0 Å². The van der Waals surface area contributed by atoms with Crippen molar-refractivity contribution in [3.8, 4) is 0 Å². The van der Waals surface area contributed by atoms with Gasteiger partial charge in [0.2, 0.25) is 0 Å². The Balaban J connectivity index is 3.20. The van der Waals surface area contributed by atoms with Crippen molar-refractivity contribution in [2.45, 2.75) is 26.2 Å². The van der Waals surface area contributed by atoms with Crippen LogP contribution in [0.5, 0.6) is 0 Å². The molecule has 0 saturated carbocycles. The molecule has 0 spiro atoms. The summed E-state index contributed by atoms with van der Waals surface area (Å²) in [5.74, 6) is 0. The van der Waals surface area contributed by atoms with E-state index in [1.807, 2.05) is 26.8 Å². The summed E-state index contributed by atoms with van der Waals surface area (Å²) in [6.45, 7) is 6.03. The summed E-state index contributed by atoms with van der Waals surface area (Å²) in [5, 5.41) is 18.1. The topological polar surface area (TPSA) is 53.4 Å². The Morgan fingerprint density at radius 1 is 1.31 bits per heavy atom. The van der Waals surface area contributed by atoms with Gasteiger partial charge in [0, 0.05) is 6.20 Å². The van der Waals surface area contributed by atoms with E-state index in [1.165, 1.54) is 0 Å². The molecule has 0 aliphatic heterocycles. The fourth-order valence-electron chi connectivity index (χ4n) is 1.26. The highest BCUT2D eigenvalue weighted by Crippen LogP contribution is 2.19. The van der Waals surface area contributed by atoms with Crippen molar-refractivity contribution in [2.75, 3.05) is 0 Å². The molecule has 13 heavy (non-hydrogen) atoms. The molecule has 0 aliphatic rings. The van der Waals surface area contributed by atoms with Gasteiger partial charge in [-0.05, 0) is 17.0 Å². The first-order valence-corrected chi connectivity index (χ1v) is 4.24. The van der Waals surface area contributed by atoms with Crippen molar-refractivity contribution in [2.24, 2.45) is 0 Å². The molecule has 0 aliphatic carbocycles. The molecule has 0 bridgehead atoms. The first kappa shape index (κ1) is 10.2. The van der Waals surface area contributed by atoms with Gasteiger partial charge in [0.15, 0.2) is 0 Å². The number of hydrogen-bond acceptors (Lipinski definition) is 3. The normalized spacial score (nSPS) is 11.5. The Morgan fingerprint density at radius 2 is 1.92 bits per heavy atom. The summed E-state index contributed by atoms with van der Waals surface area (Å²) < 4.78 is 0. The molecule has 1 rings (SSSR count). The third-order valence-corrected chi connectivity index (χ3v) is 1.89. The Hall–Kier alpha value is -0.865. The van der Waals surface area contributed by atoms with Crippen LogP contribution in [-0.4, -0.2) is 22.2 Å². The highest BCUT2D eigenvalue weighted by molar-refractivity contribution is 6.58. The number of aromatic nitrogens is 1. The molecule has 2 N–H and O–H groups in total. The van der Waals surface area contributed by atoms with E-state index in [-0.39, 0.29) is 5.41 Å². The minimum atomic E-state index is -1.49. The van der Waals surface area contributed by atoms with Crippen molar-refractivity contribution >= 4 is 12.7 Å². The van der Waals surface area contributed by atoms with Crippen LogP contribution in [0.15, 0.2) is 18.3 Å². The van der Waals surface area contributed by atoms with E-state index in [1.54, 1.807) is 12.3 Å². The van der Waals surface area contributed by atoms with E-state index in [2.05, 4.69) is 4.98 Å². The second-order valence-electron chi connectivity index (χ2n) is 4.06. The van der Waals surface area contributed by atoms with Crippen LogP contribution >= 0.6 is 0 Å². The van der Waals surface area contributed by atoms with Gasteiger partial charge in [-0.2, -0.15) is 0 Å². The highest BCUT2D eigenvalue weighted by Gasteiger charge is 2.24. The molecule has 70 valence electrons. The van der Waals surface area contributed by atoms with Crippen LogP contribution in [0.4, 0.5) is 0 Å². The summed E-state index contributed by atoms with van der Waals surface area (Å²) >= 11 is 0. The SMILES string of the molecule is CC(C)(C)c1cccnc1B(O)O. The van der Waals surface area contributed by atoms with Crippen molar-refractivity contribution in [3.63, 3.8) is 0 Å². The van der Waals surface area contributed by atoms with Crippen molar-refractivity contribution < 1.29 is 10.0 Å². The summed E-state index contributed by atoms with van der Waals surface area (Å²) in [5.41, 5.74) is 1.09. The van der Waals surface area contributed by atoms with E-state index in [0.29, 0.717) is 5.59 Å². The first-order valence-electron chi connectivity index (χ1n) is 4.24. The van der Waals surface area contributed by atoms with Gasteiger partial charge in [-0.1, -0.05) is 26.8 Å². The van der Waals surface area contributed by atoms with Crippen LogP contribution in [0.25, 0.3) is 0 Å². The minimum absolute atomic E-state index is 0.118. The monoisotopic (exact) mass is 179 g/mol. The second kappa shape index (κ2) is 3.48. The predicted octanol–water partition coefficient (Wildman–Crippen LogP) is 0.0589. The molecule has 1 aromatic rings. The molecule has 0 amide bonds. The lowest BCUT2D eigenvalue weighted by Gasteiger charge is -2.21. The maximum atomic E-state index is 9.06. The van der Waals surface area contributed by atoms with Crippen LogP contribution in [0.3, 0.4) is 0 Å². The number of rotatable bonds is 1.